The van der Waals surface area contributed by atoms with Crippen LogP contribution in [0.5, 0.6) is 5.75 Å². The summed E-state index contributed by atoms with van der Waals surface area (Å²) < 4.78 is 18.3. The number of benzene rings is 1. The molecule has 4 nitrogen and oxygen atoms in total. The lowest BCUT2D eigenvalue weighted by molar-refractivity contribution is 0.386. The summed E-state index contributed by atoms with van der Waals surface area (Å²) in [6.45, 7) is 0. The number of nitrogens with zero attached hydrogens (tertiary/aromatic N) is 1. The molecule has 0 aliphatic rings. The Bertz CT molecular complexity index is 496. The van der Waals surface area contributed by atoms with Gasteiger partial charge in [-0.3, -0.25) is 5.10 Å². The molecule has 0 aliphatic carbocycles. The van der Waals surface area contributed by atoms with Gasteiger partial charge >= 0.3 is 0 Å². The van der Waals surface area contributed by atoms with Crippen molar-refractivity contribution in [1.82, 2.24) is 10.2 Å². The van der Waals surface area contributed by atoms with Crippen molar-refractivity contribution in [2.24, 2.45) is 0 Å². The summed E-state index contributed by atoms with van der Waals surface area (Å²) in [7, 11) is 3.21. The van der Waals surface area contributed by atoms with Crippen LogP contribution in [0.1, 0.15) is 0 Å². The normalized spacial score (nSPS) is 10.2. The maximum Gasteiger partial charge on any atom is 0.165 e. The van der Waals surface area contributed by atoms with E-state index in [-0.39, 0.29) is 11.6 Å². The summed E-state index contributed by atoms with van der Waals surface area (Å²) in [4.78, 5) is 0. The zero-order chi connectivity index (χ0) is 11.5. The number of rotatable bonds is 3. The van der Waals surface area contributed by atoms with Crippen LogP contribution in [0.2, 0.25) is 0 Å². The van der Waals surface area contributed by atoms with Crippen molar-refractivity contribution < 1.29 is 9.13 Å². The Morgan fingerprint density at radius 3 is 2.75 bits per heavy atom. The van der Waals surface area contributed by atoms with Crippen molar-refractivity contribution in [1.29, 1.82) is 0 Å². The number of hydrogen-bond donors (Lipinski definition) is 2. The minimum Gasteiger partial charge on any atom is -0.494 e. The molecule has 2 aromatic rings. The second-order valence-electron chi connectivity index (χ2n) is 3.27. The Labute approximate surface area is 92.4 Å². The van der Waals surface area contributed by atoms with Gasteiger partial charge in [-0.2, -0.15) is 5.10 Å². The van der Waals surface area contributed by atoms with Gasteiger partial charge in [-0.15, -0.1) is 0 Å². The molecule has 0 radical (unpaired) electrons. The van der Waals surface area contributed by atoms with Crippen LogP contribution in [-0.2, 0) is 0 Å². The van der Waals surface area contributed by atoms with Gasteiger partial charge in [0, 0.05) is 18.7 Å². The molecule has 0 bridgehead atoms. The van der Waals surface area contributed by atoms with Gasteiger partial charge in [0.15, 0.2) is 11.6 Å². The lowest BCUT2D eigenvalue weighted by atomic mass is 10.1. The number of nitrogens with one attached hydrogen (secondary N) is 2. The van der Waals surface area contributed by atoms with Crippen molar-refractivity contribution in [3.05, 3.63) is 30.1 Å². The highest BCUT2D eigenvalue weighted by atomic mass is 19.1. The van der Waals surface area contributed by atoms with Gasteiger partial charge in [0.1, 0.15) is 5.82 Å². The van der Waals surface area contributed by atoms with Crippen LogP contribution < -0.4 is 10.1 Å². The van der Waals surface area contributed by atoms with Crippen LogP contribution >= 0.6 is 0 Å². The monoisotopic (exact) mass is 221 g/mol. The minimum absolute atomic E-state index is 0.233. The summed E-state index contributed by atoms with van der Waals surface area (Å²) in [5, 5.41) is 9.70. The van der Waals surface area contributed by atoms with Crippen molar-refractivity contribution in [3.8, 4) is 17.0 Å². The SMILES string of the molecule is CNc1cc(-c2ccc(OC)c(F)c2)[nH]n1. The predicted octanol–water partition coefficient (Wildman–Crippen LogP) is 2.27. The fourth-order valence-electron chi connectivity index (χ4n) is 1.43. The third-order valence-electron chi connectivity index (χ3n) is 2.30. The van der Waals surface area contributed by atoms with E-state index in [0.717, 1.165) is 11.3 Å². The Kier molecular flexibility index (Phi) is 2.76. The Balaban J connectivity index is 2.37. The second kappa shape index (κ2) is 4.22. The number of aromatic amines is 1. The molecule has 1 heterocycles. The number of methoxy groups -OCH3 is 1. The highest BCUT2D eigenvalue weighted by Crippen LogP contribution is 2.25. The van der Waals surface area contributed by atoms with Gasteiger partial charge in [-0.25, -0.2) is 4.39 Å². The van der Waals surface area contributed by atoms with Gasteiger partial charge in [-0.05, 0) is 18.2 Å². The molecule has 5 heteroatoms. The van der Waals surface area contributed by atoms with Crippen molar-refractivity contribution >= 4 is 5.82 Å². The topological polar surface area (TPSA) is 49.9 Å². The molecule has 0 atom stereocenters. The van der Waals surface area contributed by atoms with Crippen molar-refractivity contribution in [2.75, 3.05) is 19.5 Å². The predicted molar refractivity (Wildman–Crippen MR) is 60.1 cm³/mol. The molecule has 2 N–H and O–H groups in total. The molecular formula is C11H12FN3O. The lowest BCUT2D eigenvalue weighted by Gasteiger charge is -2.03. The Morgan fingerprint density at radius 2 is 2.19 bits per heavy atom. The van der Waals surface area contributed by atoms with E-state index in [1.807, 2.05) is 0 Å². The van der Waals surface area contributed by atoms with E-state index in [9.17, 15) is 4.39 Å². The average molecular weight is 221 g/mol. The summed E-state index contributed by atoms with van der Waals surface area (Å²) in [6, 6.07) is 6.58. The summed E-state index contributed by atoms with van der Waals surface area (Å²) in [6.07, 6.45) is 0. The zero-order valence-corrected chi connectivity index (χ0v) is 9.04. The first-order valence-electron chi connectivity index (χ1n) is 4.81. The molecule has 0 fully saturated rings. The van der Waals surface area contributed by atoms with Crippen LogP contribution in [0.25, 0.3) is 11.3 Å². The summed E-state index contributed by atoms with van der Waals surface area (Å²) in [5.74, 6) is 0.559. The molecule has 1 aromatic carbocycles. The summed E-state index contributed by atoms with van der Waals surface area (Å²) >= 11 is 0. The highest BCUT2D eigenvalue weighted by molar-refractivity contribution is 5.63. The van der Waals surface area contributed by atoms with E-state index < -0.39 is 0 Å². The van der Waals surface area contributed by atoms with E-state index in [2.05, 4.69) is 15.5 Å². The average Bonchev–Trinajstić information content (AvgIpc) is 2.77. The zero-order valence-electron chi connectivity index (χ0n) is 9.04. The first kappa shape index (κ1) is 10.5. The van der Waals surface area contributed by atoms with Crippen molar-refractivity contribution in [3.63, 3.8) is 0 Å². The number of halogens is 1. The van der Waals surface area contributed by atoms with Crippen LogP contribution in [0, 0.1) is 5.82 Å². The first-order chi connectivity index (χ1) is 7.74. The standard InChI is InChI=1S/C11H12FN3O/c1-13-11-6-9(14-15-11)7-3-4-10(16-2)8(12)5-7/h3-6H,1-2H3,(H2,13,14,15). The number of aromatic nitrogens is 2. The van der Waals surface area contributed by atoms with Gasteiger partial charge in [0.05, 0.1) is 12.8 Å². The molecule has 84 valence electrons. The van der Waals surface area contributed by atoms with E-state index in [4.69, 9.17) is 4.74 Å². The minimum atomic E-state index is -0.388. The van der Waals surface area contributed by atoms with Crippen molar-refractivity contribution in [2.45, 2.75) is 0 Å². The largest absolute Gasteiger partial charge is 0.494 e. The van der Waals surface area contributed by atoms with Gasteiger partial charge in [-0.1, -0.05) is 0 Å². The fraction of sp³-hybridized carbons (Fsp3) is 0.182. The van der Waals surface area contributed by atoms with Crippen LogP contribution in [0.3, 0.4) is 0 Å². The smallest absolute Gasteiger partial charge is 0.165 e. The summed E-state index contributed by atoms with van der Waals surface area (Å²) in [5.41, 5.74) is 1.48. The highest BCUT2D eigenvalue weighted by Gasteiger charge is 2.07. The number of H-pyrrole nitrogens is 1. The molecule has 0 spiro atoms. The van der Waals surface area contributed by atoms with E-state index in [0.29, 0.717) is 5.82 Å². The van der Waals surface area contributed by atoms with Crippen LogP contribution in [-0.4, -0.2) is 24.4 Å². The molecular weight excluding hydrogens is 209 g/mol. The van der Waals surface area contributed by atoms with E-state index in [1.54, 1.807) is 25.2 Å². The third-order valence-corrected chi connectivity index (χ3v) is 2.30. The molecule has 0 saturated heterocycles. The molecule has 0 amide bonds. The molecule has 16 heavy (non-hydrogen) atoms. The van der Waals surface area contributed by atoms with Crippen LogP contribution in [0.15, 0.2) is 24.3 Å². The maximum absolute atomic E-state index is 13.4. The van der Waals surface area contributed by atoms with Gasteiger partial charge in [0.25, 0.3) is 0 Å². The Morgan fingerprint density at radius 1 is 1.38 bits per heavy atom. The third kappa shape index (κ3) is 1.84. The van der Waals surface area contributed by atoms with E-state index >= 15 is 0 Å². The molecule has 0 aliphatic heterocycles. The fourth-order valence-corrected chi connectivity index (χ4v) is 1.43. The maximum atomic E-state index is 13.4. The molecule has 2 rings (SSSR count). The number of anilines is 1. The second-order valence-corrected chi connectivity index (χ2v) is 3.27. The number of ether oxygens (including phenoxy) is 1. The lowest BCUT2D eigenvalue weighted by Crippen LogP contribution is -1.88. The Hall–Kier alpha value is -2.04. The van der Waals surface area contributed by atoms with Gasteiger partial charge < -0.3 is 10.1 Å². The van der Waals surface area contributed by atoms with Gasteiger partial charge in [0.2, 0.25) is 0 Å². The first-order valence-corrected chi connectivity index (χ1v) is 4.81. The molecule has 0 saturated carbocycles. The van der Waals surface area contributed by atoms with Crippen LogP contribution in [0.4, 0.5) is 10.2 Å². The molecule has 0 unspecified atom stereocenters. The quantitative estimate of drug-likeness (QED) is 0.835. The molecule has 1 aromatic heterocycles. The number of hydrogen-bond acceptors (Lipinski definition) is 3. The van der Waals surface area contributed by atoms with E-state index in [1.165, 1.54) is 13.2 Å².